The Labute approximate surface area is 60.4 Å². The molecule has 0 spiro atoms. The predicted octanol–water partition coefficient (Wildman–Crippen LogP) is -1.13. The number of aliphatic hydroxyl groups excluding tert-OH is 1. The van der Waals surface area contributed by atoms with Gasteiger partial charge in [0.1, 0.15) is 5.78 Å². The number of quaternary nitrogens is 1. The van der Waals surface area contributed by atoms with E-state index in [1.807, 2.05) is 12.2 Å². The highest BCUT2D eigenvalue weighted by Crippen LogP contribution is 2.06. The second kappa shape index (κ2) is 3.12. The van der Waals surface area contributed by atoms with Crippen LogP contribution in [0.15, 0.2) is 0 Å². The van der Waals surface area contributed by atoms with Crippen LogP contribution in [0.3, 0.4) is 0 Å². The van der Waals surface area contributed by atoms with E-state index in [0.717, 1.165) is 13.0 Å². The molecule has 1 aliphatic heterocycles. The van der Waals surface area contributed by atoms with Crippen molar-refractivity contribution in [2.75, 3.05) is 6.54 Å². The second-order valence-electron chi connectivity index (χ2n) is 2.95. The van der Waals surface area contributed by atoms with Crippen LogP contribution in [0.25, 0.3) is 0 Å². The minimum atomic E-state index is -0.488. The van der Waals surface area contributed by atoms with E-state index in [-0.39, 0.29) is 11.7 Å². The van der Waals surface area contributed by atoms with Gasteiger partial charge in [0.05, 0.1) is 13.0 Å². The molecular formula is C7H14NO2+. The Morgan fingerprint density at radius 1 is 1.70 bits per heavy atom. The molecule has 0 aromatic carbocycles. The van der Waals surface area contributed by atoms with E-state index >= 15 is 0 Å². The molecule has 58 valence electrons. The molecule has 2 unspecified atom stereocenters. The van der Waals surface area contributed by atoms with Crippen LogP contribution >= 0.6 is 0 Å². The third-order valence-corrected chi connectivity index (χ3v) is 2.00. The molecule has 1 rings (SSSR count). The van der Waals surface area contributed by atoms with Crippen LogP contribution in [0.5, 0.6) is 0 Å². The summed E-state index contributed by atoms with van der Waals surface area (Å²) in [5.41, 5.74) is 0. The summed E-state index contributed by atoms with van der Waals surface area (Å²) >= 11 is 0. The molecule has 3 nitrogen and oxygen atoms in total. The van der Waals surface area contributed by atoms with Gasteiger partial charge in [0.2, 0.25) is 0 Å². The quantitative estimate of drug-likeness (QED) is 0.452. The maximum atomic E-state index is 11.0. The number of nitrogens with two attached hydrogens (primary N) is 1. The number of rotatable bonds is 0. The van der Waals surface area contributed by atoms with E-state index < -0.39 is 6.23 Å². The molecule has 1 heterocycles. The third kappa shape index (κ3) is 1.78. The summed E-state index contributed by atoms with van der Waals surface area (Å²) in [7, 11) is 0. The van der Waals surface area contributed by atoms with Gasteiger partial charge in [0, 0.05) is 12.3 Å². The highest BCUT2D eigenvalue weighted by molar-refractivity contribution is 5.80. The highest BCUT2D eigenvalue weighted by Gasteiger charge is 2.23. The maximum absolute atomic E-state index is 11.0. The molecule has 1 fully saturated rings. The second-order valence-corrected chi connectivity index (χ2v) is 2.95. The van der Waals surface area contributed by atoms with Gasteiger partial charge < -0.3 is 10.4 Å². The first-order chi connectivity index (χ1) is 4.70. The average molecular weight is 144 g/mol. The normalized spacial score (nSPS) is 35.6. The summed E-state index contributed by atoms with van der Waals surface area (Å²) in [6.07, 6.45) is 0.731. The van der Waals surface area contributed by atoms with Crippen LogP contribution in [0.4, 0.5) is 0 Å². The summed E-state index contributed by atoms with van der Waals surface area (Å²) in [5.74, 6) is 0.342. The van der Waals surface area contributed by atoms with Crippen LogP contribution in [0, 0.1) is 5.92 Å². The predicted molar refractivity (Wildman–Crippen MR) is 36.2 cm³/mol. The smallest absolute Gasteiger partial charge is 0.194 e. The monoisotopic (exact) mass is 144 g/mol. The van der Waals surface area contributed by atoms with E-state index in [1.165, 1.54) is 0 Å². The van der Waals surface area contributed by atoms with E-state index in [9.17, 15) is 4.79 Å². The average Bonchev–Trinajstić information content (AvgIpc) is 1.96. The zero-order valence-electron chi connectivity index (χ0n) is 6.21. The summed E-state index contributed by atoms with van der Waals surface area (Å²) in [6, 6.07) is 0. The Bertz CT molecular complexity index is 136. The van der Waals surface area contributed by atoms with E-state index in [4.69, 9.17) is 5.11 Å². The van der Waals surface area contributed by atoms with Crippen molar-refractivity contribution < 1.29 is 15.2 Å². The van der Waals surface area contributed by atoms with Crippen molar-refractivity contribution in [1.82, 2.24) is 0 Å². The minimum absolute atomic E-state index is 0.147. The van der Waals surface area contributed by atoms with Gasteiger partial charge in [0.25, 0.3) is 0 Å². The van der Waals surface area contributed by atoms with Crippen molar-refractivity contribution >= 4 is 5.78 Å². The molecule has 0 radical (unpaired) electrons. The molecule has 3 N–H and O–H groups in total. The Hall–Kier alpha value is -0.410. The van der Waals surface area contributed by atoms with Gasteiger partial charge in [0.15, 0.2) is 6.23 Å². The number of carbonyl (C=O) groups is 1. The van der Waals surface area contributed by atoms with Gasteiger partial charge in [-0.15, -0.1) is 0 Å². The van der Waals surface area contributed by atoms with Gasteiger partial charge in [-0.05, 0) is 0 Å². The Kier molecular flexibility index (Phi) is 2.40. The first kappa shape index (κ1) is 7.69. The lowest BCUT2D eigenvalue weighted by atomic mass is 10.0. The fourth-order valence-corrected chi connectivity index (χ4v) is 1.19. The van der Waals surface area contributed by atoms with Crippen molar-refractivity contribution in [1.29, 1.82) is 0 Å². The Morgan fingerprint density at radius 2 is 2.40 bits per heavy atom. The van der Waals surface area contributed by atoms with Crippen LogP contribution in [-0.2, 0) is 4.79 Å². The topological polar surface area (TPSA) is 53.9 Å². The molecule has 0 amide bonds. The largest absolute Gasteiger partial charge is 0.345 e. The third-order valence-electron chi connectivity index (χ3n) is 2.00. The SMILES string of the molecule is CC1CC[NH2+]C(O)CC1=O. The zero-order valence-corrected chi connectivity index (χ0v) is 6.21. The molecule has 2 atom stereocenters. The van der Waals surface area contributed by atoms with Crippen LogP contribution in [-0.4, -0.2) is 23.7 Å². The minimum Gasteiger partial charge on any atom is -0.345 e. The molecule has 1 aliphatic rings. The molecule has 1 saturated heterocycles. The lowest BCUT2D eigenvalue weighted by Crippen LogP contribution is -2.89. The van der Waals surface area contributed by atoms with Crippen LogP contribution in [0.1, 0.15) is 19.8 Å². The molecule has 10 heavy (non-hydrogen) atoms. The Balaban J connectivity index is 2.49. The number of aliphatic hydroxyl groups is 1. The lowest BCUT2D eigenvalue weighted by molar-refractivity contribution is -0.721. The molecule has 0 aliphatic carbocycles. The maximum Gasteiger partial charge on any atom is 0.194 e. The van der Waals surface area contributed by atoms with Gasteiger partial charge in [-0.25, -0.2) is 0 Å². The fraction of sp³-hybridized carbons (Fsp3) is 0.857. The van der Waals surface area contributed by atoms with Gasteiger partial charge in [-0.3, -0.25) is 4.79 Å². The first-order valence-corrected chi connectivity index (χ1v) is 3.74. The first-order valence-electron chi connectivity index (χ1n) is 3.74. The summed E-state index contributed by atoms with van der Waals surface area (Å²) in [5, 5.41) is 10.9. The van der Waals surface area contributed by atoms with Gasteiger partial charge in [-0.1, -0.05) is 6.92 Å². The summed E-state index contributed by atoms with van der Waals surface area (Å²) in [4.78, 5) is 11.0. The highest BCUT2D eigenvalue weighted by atomic mass is 16.3. The number of carbonyl (C=O) groups excluding carboxylic acids is 1. The molecule has 0 aromatic rings. The van der Waals surface area contributed by atoms with Gasteiger partial charge in [-0.2, -0.15) is 0 Å². The van der Waals surface area contributed by atoms with E-state index in [2.05, 4.69) is 0 Å². The molecule has 0 aromatic heterocycles. The van der Waals surface area contributed by atoms with E-state index in [1.54, 1.807) is 0 Å². The van der Waals surface area contributed by atoms with Crippen molar-refractivity contribution in [3.8, 4) is 0 Å². The number of ketones is 1. The van der Waals surface area contributed by atoms with Crippen molar-refractivity contribution in [3.05, 3.63) is 0 Å². The number of Topliss-reactive ketones (excluding diaryl/α,β-unsaturated/α-hetero) is 1. The van der Waals surface area contributed by atoms with Crippen molar-refractivity contribution in [3.63, 3.8) is 0 Å². The van der Waals surface area contributed by atoms with Gasteiger partial charge >= 0.3 is 0 Å². The Morgan fingerprint density at radius 3 is 3.10 bits per heavy atom. The van der Waals surface area contributed by atoms with Crippen LogP contribution < -0.4 is 5.32 Å². The fourth-order valence-electron chi connectivity index (χ4n) is 1.19. The van der Waals surface area contributed by atoms with Crippen LogP contribution in [0.2, 0.25) is 0 Å². The summed E-state index contributed by atoms with van der Waals surface area (Å²) < 4.78 is 0. The lowest BCUT2D eigenvalue weighted by Gasteiger charge is -2.01. The molecule has 0 bridgehead atoms. The van der Waals surface area contributed by atoms with Crippen molar-refractivity contribution in [2.45, 2.75) is 26.0 Å². The van der Waals surface area contributed by atoms with Crippen molar-refractivity contribution in [2.24, 2.45) is 5.92 Å². The molecule has 0 saturated carbocycles. The molecular weight excluding hydrogens is 130 g/mol. The number of hydrogen-bond donors (Lipinski definition) is 2. The number of hydrogen-bond acceptors (Lipinski definition) is 2. The zero-order chi connectivity index (χ0) is 7.56. The standard InChI is InChI=1S/C7H13NO2/c1-5-2-3-8-7(10)4-6(5)9/h5,7-8,10H,2-4H2,1H3/p+1. The van der Waals surface area contributed by atoms with E-state index in [0.29, 0.717) is 6.42 Å². The summed E-state index contributed by atoms with van der Waals surface area (Å²) in [6.45, 7) is 2.79. The molecule has 3 heteroatoms.